The zero-order valence-electron chi connectivity index (χ0n) is 16.4. The summed E-state index contributed by atoms with van der Waals surface area (Å²) in [6.07, 6.45) is 3.57. The minimum atomic E-state index is -3.75. The number of hydrogen-bond acceptors (Lipinski definition) is 5. The summed E-state index contributed by atoms with van der Waals surface area (Å²) in [5.41, 5.74) is 0.697. The van der Waals surface area contributed by atoms with Gasteiger partial charge < -0.3 is 5.32 Å². The first-order valence-electron chi connectivity index (χ1n) is 9.56. The molecule has 1 aliphatic rings. The number of carbonyl (C=O) groups excluding carboxylic acids is 1. The van der Waals surface area contributed by atoms with Gasteiger partial charge in [0.25, 0.3) is 11.6 Å². The van der Waals surface area contributed by atoms with Crippen molar-refractivity contribution in [1.29, 1.82) is 0 Å². The highest BCUT2D eigenvalue weighted by Crippen LogP contribution is 2.27. The Morgan fingerprint density at radius 2 is 1.77 bits per heavy atom. The van der Waals surface area contributed by atoms with Crippen molar-refractivity contribution in [3.63, 3.8) is 0 Å². The molecule has 3 rings (SSSR count). The number of hydrogen-bond donors (Lipinski definition) is 1. The summed E-state index contributed by atoms with van der Waals surface area (Å²) in [5, 5.41) is 13.7. The number of halogens is 1. The summed E-state index contributed by atoms with van der Waals surface area (Å²) in [4.78, 5) is 23.2. The molecule has 0 bridgehead atoms. The molecule has 0 spiro atoms. The molecule has 10 heteroatoms. The van der Waals surface area contributed by atoms with Crippen molar-refractivity contribution < 1.29 is 18.1 Å². The lowest BCUT2D eigenvalue weighted by molar-refractivity contribution is -0.384. The molecule has 1 aliphatic heterocycles. The second-order valence-electron chi connectivity index (χ2n) is 7.17. The van der Waals surface area contributed by atoms with E-state index < -0.39 is 20.9 Å². The first-order chi connectivity index (χ1) is 14.2. The van der Waals surface area contributed by atoms with Gasteiger partial charge in [-0.2, -0.15) is 4.31 Å². The number of aryl methyl sites for hydroxylation is 1. The number of nitro benzene ring substituents is 1. The van der Waals surface area contributed by atoms with Crippen LogP contribution in [-0.2, 0) is 10.0 Å². The topological polar surface area (TPSA) is 110 Å². The molecule has 1 heterocycles. The number of benzene rings is 2. The van der Waals surface area contributed by atoms with Gasteiger partial charge in [-0.05, 0) is 43.5 Å². The monoisotopic (exact) mass is 451 g/mol. The minimum absolute atomic E-state index is 0.00489. The van der Waals surface area contributed by atoms with Gasteiger partial charge in [0.2, 0.25) is 10.0 Å². The maximum absolute atomic E-state index is 13.0. The molecule has 1 fully saturated rings. The van der Waals surface area contributed by atoms with Crippen LogP contribution in [0.15, 0.2) is 41.3 Å². The number of sulfonamides is 1. The Balaban J connectivity index is 1.91. The number of nitrogens with one attached hydrogen (secondary N) is 1. The molecule has 0 unspecified atom stereocenters. The number of anilines is 1. The highest BCUT2D eigenvalue weighted by molar-refractivity contribution is 7.89. The van der Waals surface area contributed by atoms with Gasteiger partial charge in [0, 0.05) is 25.2 Å². The van der Waals surface area contributed by atoms with Crippen molar-refractivity contribution in [3.8, 4) is 0 Å². The summed E-state index contributed by atoms with van der Waals surface area (Å²) in [7, 11) is -3.75. The molecular formula is C20H22ClN3O5S. The number of non-ortho nitro benzene ring substituents is 1. The molecule has 1 saturated heterocycles. The van der Waals surface area contributed by atoms with Crippen molar-refractivity contribution >= 4 is 38.9 Å². The van der Waals surface area contributed by atoms with Crippen molar-refractivity contribution in [1.82, 2.24) is 4.31 Å². The van der Waals surface area contributed by atoms with E-state index in [0.717, 1.165) is 25.7 Å². The molecule has 0 saturated carbocycles. The van der Waals surface area contributed by atoms with Crippen LogP contribution < -0.4 is 5.32 Å². The minimum Gasteiger partial charge on any atom is -0.321 e. The Bertz CT molecular complexity index is 1080. The van der Waals surface area contributed by atoms with Gasteiger partial charge in [0.15, 0.2) is 0 Å². The van der Waals surface area contributed by atoms with Crippen LogP contribution >= 0.6 is 11.6 Å². The molecule has 160 valence electrons. The standard InChI is InChI=1S/C20H22ClN3O5S/c1-14-6-7-15(24(26)27)12-19(14)22-20(25)17-13-16(8-9-18(17)21)30(28,29)23-10-4-2-3-5-11-23/h6-9,12-13H,2-5,10-11H2,1H3,(H,22,25). The number of amides is 1. The molecule has 0 aromatic heterocycles. The van der Waals surface area contributed by atoms with E-state index >= 15 is 0 Å². The third-order valence-electron chi connectivity index (χ3n) is 5.07. The van der Waals surface area contributed by atoms with Crippen molar-refractivity contribution in [2.45, 2.75) is 37.5 Å². The summed E-state index contributed by atoms with van der Waals surface area (Å²) in [6, 6.07) is 8.13. The SMILES string of the molecule is Cc1ccc([N+](=O)[O-])cc1NC(=O)c1cc(S(=O)(=O)N2CCCCCC2)ccc1Cl. The van der Waals surface area contributed by atoms with Crippen LogP contribution in [-0.4, -0.2) is 36.6 Å². The first kappa shape index (κ1) is 22.2. The molecular weight excluding hydrogens is 430 g/mol. The predicted octanol–water partition coefficient (Wildman–Crippen LogP) is 4.37. The summed E-state index contributed by atoms with van der Waals surface area (Å²) < 4.78 is 27.5. The van der Waals surface area contributed by atoms with E-state index in [1.165, 1.54) is 40.7 Å². The van der Waals surface area contributed by atoms with Crippen LogP contribution in [0.2, 0.25) is 5.02 Å². The lowest BCUT2D eigenvalue weighted by Gasteiger charge is -2.20. The fraction of sp³-hybridized carbons (Fsp3) is 0.350. The molecule has 0 atom stereocenters. The maximum atomic E-state index is 13.0. The summed E-state index contributed by atoms with van der Waals surface area (Å²) >= 11 is 6.16. The summed E-state index contributed by atoms with van der Waals surface area (Å²) in [5.74, 6) is -0.642. The van der Waals surface area contributed by atoms with Gasteiger partial charge in [-0.15, -0.1) is 0 Å². The number of rotatable bonds is 5. The van der Waals surface area contributed by atoms with Gasteiger partial charge in [-0.3, -0.25) is 14.9 Å². The van der Waals surface area contributed by atoms with Crippen molar-refractivity contribution in [3.05, 3.63) is 62.7 Å². The lowest BCUT2D eigenvalue weighted by atomic mass is 10.1. The van der Waals surface area contributed by atoms with Crippen molar-refractivity contribution in [2.75, 3.05) is 18.4 Å². The Kier molecular flexibility index (Phi) is 6.74. The van der Waals surface area contributed by atoms with E-state index in [1.54, 1.807) is 6.92 Å². The van der Waals surface area contributed by atoms with Gasteiger partial charge >= 0.3 is 0 Å². The molecule has 1 N–H and O–H groups in total. The highest BCUT2D eigenvalue weighted by Gasteiger charge is 2.27. The zero-order valence-corrected chi connectivity index (χ0v) is 18.0. The molecule has 8 nitrogen and oxygen atoms in total. The Morgan fingerprint density at radius 3 is 2.40 bits per heavy atom. The van der Waals surface area contributed by atoms with Crippen LogP contribution in [0.1, 0.15) is 41.6 Å². The quantitative estimate of drug-likeness (QED) is 0.536. The molecule has 0 radical (unpaired) electrons. The number of nitro groups is 1. The van der Waals surface area contributed by atoms with E-state index in [-0.39, 0.29) is 26.9 Å². The number of nitrogens with zero attached hydrogens (tertiary/aromatic N) is 2. The third kappa shape index (κ3) is 4.80. The normalized spacial score (nSPS) is 15.4. The first-order valence-corrected chi connectivity index (χ1v) is 11.4. The second kappa shape index (κ2) is 9.11. The Labute approximate surface area is 180 Å². The summed E-state index contributed by atoms with van der Waals surface area (Å²) in [6.45, 7) is 2.58. The molecule has 30 heavy (non-hydrogen) atoms. The van der Waals surface area contributed by atoms with E-state index in [2.05, 4.69) is 5.32 Å². The van der Waals surface area contributed by atoms with Gasteiger partial charge in [0.1, 0.15) is 0 Å². The predicted molar refractivity (Wildman–Crippen MR) is 114 cm³/mol. The van der Waals surface area contributed by atoms with E-state index in [0.29, 0.717) is 18.7 Å². The van der Waals surface area contributed by atoms with Gasteiger partial charge in [0.05, 0.1) is 26.1 Å². The fourth-order valence-electron chi connectivity index (χ4n) is 3.32. The molecule has 2 aromatic carbocycles. The van der Waals surface area contributed by atoms with Gasteiger partial charge in [-0.25, -0.2) is 8.42 Å². The Morgan fingerprint density at radius 1 is 1.10 bits per heavy atom. The molecule has 2 aromatic rings. The van der Waals surface area contributed by atoms with Crippen LogP contribution in [0.4, 0.5) is 11.4 Å². The smallest absolute Gasteiger partial charge is 0.271 e. The fourth-order valence-corrected chi connectivity index (χ4v) is 5.07. The maximum Gasteiger partial charge on any atom is 0.271 e. The van der Waals surface area contributed by atoms with Crippen LogP contribution in [0.25, 0.3) is 0 Å². The average molecular weight is 452 g/mol. The van der Waals surface area contributed by atoms with E-state index in [1.807, 2.05) is 0 Å². The number of carbonyl (C=O) groups is 1. The second-order valence-corrected chi connectivity index (χ2v) is 9.52. The molecule has 1 amide bonds. The van der Waals surface area contributed by atoms with E-state index in [9.17, 15) is 23.3 Å². The lowest BCUT2D eigenvalue weighted by Crippen LogP contribution is -2.32. The van der Waals surface area contributed by atoms with Crippen molar-refractivity contribution in [2.24, 2.45) is 0 Å². The highest BCUT2D eigenvalue weighted by atomic mass is 35.5. The molecule has 0 aliphatic carbocycles. The van der Waals surface area contributed by atoms with Crippen LogP contribution in [0.5, 0.6) is 0 Å². The third-order valence-corrected chi connectivity index (χ3v) is 7.29. The average Bonchev–Trinajstić information content (AvgIpc) is 2.99. The van der Waals surface area contributed by atoms with Crippen LogP contribution in [0.3, 0.4) is 0 Å². The van der Waals surface area contributed by atoms with Crippen LogP contribution in [0, 0.1) is 17.0 Å². The largest absolute Gasteiger partial charge is 0.321 e. The van der Waals surface area contributed by atoms with E-state index in [4.69, 9.17) is 11.6 Å². The Hall–Kier alpha value is -2.49. The van der Waals surface area contributed by atoms with Gasteiger partial charge in [-0.1, -0.05) is 30.5 Å². The zero-order chi connectivity index (χ0) is 21.9.